The Kier molecular flexibility index (Phi) is 3.41. The summed E-state index contributed by atoms with van der Waals surface area (Å²) in [5, 5.41) is 5.72. The van der Waals surface area contributed by atoms with Crippen LogP contribution < -0.4 is 0 Å². The van der Waals surface area contributed by atoms with Crippen LogP contribution in [0.4, 0.5) is 0 Å². The van der Waals surface area contributed by atoms with Crippen LogP contribution in [0.25, 0.3) is 17.0 Å². The van der Waals surface area contributed by atoms with Crippen molar-refractivity contribution >= 4 is 32.9 Å². The minimum atomic E-state index is 0.0200. The van der Waals surface area contributed by atoms with Crippen LogP contribution in [-0.4, -0.2) is 21.4 Å². The monoisotopic (exact) mass is 321 g/mol. The lowest BCUT2D eigenvalue weighted by Crippen LogP contribution is -2.19. The van der Waals surface area contributed by atoms with Crippen LogP contribution in [0, 0.1) is 6.92 Å². The highest BCUT2D eigenvalue weighted by atomic mass is 79.9. The van der Waals surface area contributed by atoms with E-state index in [-0.39, 0.29) is 6.23 Å². The van der Waals surface area contributed by atoms with Gasteiger partial charge in [-0.25, -0.2) is 9.67 Å². The van der Waals surface area contributed by atoms with Crippen LogP contribution in [0.1, 0.15) is 36.9 Å². The Morgan fingerprint density at radius 1 is 1.53 bits per heavy atom. The van der Waals surface area contributed by atoms with Gasteiger partial charge in [-0.3, -0.25) is 0 Å². The summed E-state index contributed by atoms with van der Waals surface area (Å²) in [4.78, 5) is 4.47. The quantitative estimate of drug-likeness (QED) is 0.789. The van der Waals surface area contributed by atoms with Gasteiger partial charge >= 0.3 is 0 Å². The molecule has 0 bridgehead atoms. The van der Waals surface area contributed by atoms with E-state index in [0.29, 0.717) is 0 Å². The molecule has 1 atom stereocenters. The lowest BCUT2D eigenvalue weighted by Gasteiger charge is -2.23. The second-order valence-electron chi connectivity index (χ2n) is 4.78. The van der Waals surface area contributed by atoms with Crippen molar-refractivity contribution in [3.8, 4) is 0 Å². The SMILES string of the molecule is C=Cc1nn(C2CCCCO2)c2c(C)nc(Br)cc12. The average molecular weight is 322 g/mol. The topological polar surface area (TPSA) is 39.9 Å². The molecule has 1 saturated heterocycles. The van der Waals surface area contributed by atoms with Gasteiger partial charge in [-0.2, -0.15) is 5.10 Å². The molecule has 0 aliphatic carbocycles. The number of aromatic nitrogens is 3. The number of halogens is 1. The molecule has 19 heavy (non-hydrogen) atoms. The summed E-state index contributed by atoms with van der Waals surface area (Å²) in [5.41, 5.74) is 2.89. The lowest BCUT2D eigenvalue weighted by atomic mass is 10.1. The fraction of sp³-hybridized carbons (Fsp3) is 0.429. The van der Waals surface area contributed by atoms with Crippen molar-refractivity contribution in [2.75, 3.05) is 6.61 Å². The van der Waals surface area contributed by atoms with Gasteiger partial charge in [0.1, 0.15) is 4.60 Å². The van der Waals surface area contributed by atoms with E-state index >= 15 is 0 Å². The van der Waals surface area contributed by atoms with Crippen LogP contribution >= 0.6 is 15.9 Å². The molecule has 2 aromatic rings. The van der Waals surface area contributed by atoms with Crippen molar-refractivity contribution in [2.45, 2.75) is 32.4 Å². The van der Waals surface area contributed by atoms with E-state index in [1.165, 1.54) is 6.42 Å². The maximum absolute atomic E-state index is 5.84. The fourth-order valence-corrected chi connectivity index (χ4v) is 3.10. The van der Waals surface area contributed by atoms with E-state index in [1.807, 2.05) is 17.7 Å². The highest BCUT2D eigenvalue weighted by Gasteiger charge is 2.22. The number of rotatable bonds is 2. The highest BCUT2D eigenvalue weighted by molar-refractivity contribution is 9.10. The summed E-state index contributed by atoms with van der Waals surface area (Å²) >= 11 is 3.44. The minimum Gasteiger partial charge on any atom is -0.356 e. The molecule has 0 amide bonds. The molecule has 3 heterocycles. The van der Waals surface area contributed by atoms with E-state index < -0.39 is 0 Å². The second kappa shape index (κ2) is 5.06. The number of nitrogens with zero attached hydrogens (tertiary/aromatic N) is 3. The molecule has 2 aromatic heterocycles. The summed E-state index contributed by atoms with van der Waals surface area (Å²) in [5.74, 6) is 0. The smallest absolute Gasteiger partial charge is 0.150 e. The van der Waals surface area contributed by atoms with E-state index in [1.54, 1.807) is 6.08 Å². The Morgan fingerprint density at radius 3 is 3.05 bits per heavy atom. The third-order valence-electron chi connectivity index (χ3n) is 3.48. The van der Waals surface area contributed by atoms with Crippen LogP contribution in [0.3, 0.4) is 0 Å². The van der Waals surface area contributed by atoms with E-state index in [2.05, 4.69) is 32.6 Å². The molecular formula is C14H16BrN3O. The molecule has 0 aromatic carbocycles. The molecule has 3 rings (SSSR count). The zero-order valence-electron chi connectivity index (χ0n) is 10.9. The summed E-state index contributed by atoms with van der Waals surface area (Å²) in [6, 6.07) is 1.99. The number of pyridine rings is 1. The molecule has 100 valence electrons. The van der Waals surface area contributed by atoms with Gasteiger partial charge in [0, 0.05) is 12.0 Å². The Hall–Kier alpha value is -1.20. The Morgan fingerprint density at radius 2 is 2.37 bits per heavy atom. The fourth-order valence-electron chi connectivity index (χ4n) is 2.61. The van der Waals surface area contributed by atoms with Crippen LogP contribution in [0.15, 0.2) is 17.2 Å². The Bertz CT molecular complexity index is 629. The number of hydrogen-bond donors (Lipinski definition) is 0. The molecule has 1 fully saturated rings. The molecular weight excluding hydrogens is 306 g/mol. The molecule has 0 saturated carbocycles. The van der Waals surface area contributed by atoms with Crippen LogP contribution in [-0.2, 0) is 4.74 Å². The van der Waals surface area contributed by atoms with Crippen molar-refractivity contribution in [1.29, 1.82) is 0 Å². The first-order valence-corrected chi connectivity index (χ1v) is 7.29. The third kappa shape index (κ3) is 2.21. The zero-order valence-corrected chi connectivity index (χ0v) is 12.5. The second-order valence-corrected chi connectivity index (χ2v) is 5.59. The van der Waals surface area contributed by atoms with Crippen molar-refractivity contribution < 1.29 is 4.74 Å². The maximum atomic E-state index is 5.84. The molecule has 4 nitrogen and oxygen atoms in total. The molecule has 0 N–H and O–H groups in total. The van der Waals surface area contributed by atoms with Crippen molar-refractivity contribution in [3.05, 3.63) is 28.6 Å². The molecule has 0 spiro atoms. The Labute approximate surface area is 120 Å². The van der Waals surface area contributed by atoms with Crippen molar-refractivity contribution in [3.63, 3.8) is 0 Å². The first-order chi connectivity index (χ1) is 9.20. The summed E-state index contributed by atoms with van der Waals surface area (Å²) in [6.07, 6.45) is 5.12. The number of hydrogen-bond acceptors (Lipinski definition) is 3. The molecule has 1 unspecified atom stereocenters. The summed E-state index contributed by atoms with van der Waals surface area (Å²) in [6.45, 7) is 6.65. The van der Waals surface area contributed by atoms with E-state index in [4.69, 9.17) is 4.74 Å². The van der Waals surface area contributed by atoms with Gasteiger partial charge in [0.25, 0.3) is 0 Å². The molecule has 1 aliphatic heterocycles. The van der Waals surface area contributed by atoms with Crippen molar-refractivity contribution in [2.24, 2.45) is 0 Å². The number of aryl methyl sites for hydroxylation is 1. The Balaban J connectivity index is 2.21. The number of fused-ring (bicyclic) bond motifs is 1. The van der Waals surface area contributed by atoms with Gasteiger partial charge in [0.2, 0.25) is 0 Å². The summed E-state index contributed by atoms with van der Waals surface area (Å²) < 4.78 is 8.64. The van der Waals surface area contributed by atoms with E-state index in [9.17, 15) is 0 Å². The molecule has 1 aliphatic rings. The largest absolute Gasteiger partial charge is 0.356 e. The highest BCUT2D eigenvalue weighted by Crippen LogP contribution is 2.31. The van der Waals surface area contributed by atoms with Gasteiger partial charge in [-0.15, -0.1) is 0 Å². The zero-order chi connectivity index (χ0) is 13.4. The first kappa shape index (κ1) is 12.8. The first-order valence-electron chi connectivity index (χ1n) is 6.50. The number of ether oxygens (including phenoxy) is 1. The minimum absolute atomic E-state index is 0.0200. The molecule has 5 heteroatoms. The van der Waals surface area contributed by atoms with Gasteiger partial charge in [0.05, 0.1) is 16.9 Å². The lowest BCUT2D eigenvalue weighted by molar-refractivity contribution is -0.0368. The van der Waals surface area contributed by atoms with Gasteiger partial charge in [-0.05, 0) is 54.3 Å². The predicted octanol–water partition coefficient (Wildman–Crippen LogP) is 3.84. The van der Waals surface area contributed by atoms with Gasteiger partial charge < -0.3 is 4.74 Å². The van der Waals surface area contributed by atoms with E-state index in [0.717, 1.165) is 46.3 Å². The predicted molar refractivity (Wildman–Crippen MR) is 78.9 cm³/mol. The maximum Gasteiger partial charge on any atom is 0.150 e. The summed E-state index contributed by atoms with van der Waals surface area (Å²) in [7, 11) is 0. The third-order valence-corrected chi connectivity index (χ3v) is 3.88. The van der Waals surface area contributed by atoms with Gasteiger partial charge in [-0.1, -0.05) is 6.58 Å². The van der Waals surface area contributed by atoms with Crippen molar-refractivity contribution in [1.82, 2.24) is 14.8 Å². The van der Waals surface area contributed by atoms with Crippen LogP contribution in [0.2, 0.25) is 0 Å². The molecule has 0 radical (unpaired) electrons. The normalized spacial score (nSPS) is 19.8. The van der Waals surface area contributed by atoms with Crippen LogP contribution in [0.5, 0.6) is 0 Å². The average Bonchev–Trinajstić information content (AvgIpc) is 2.78. The van der Waals surface area contributed by atoms with Gasteiger partial charge in [0.15, 0.2) is 6.23 Å². The standard InChI is InChI=1S/C14H16BrN3O/c1-3-11-10-8-12(15)16-9(2)14(10)18(17-11)13-6-4-5-7-19-13/h3,8,13H,1,4-7H2,2H3.